The lowest BCUT2D eigenvalue weighted by Crippen LogP contribution is -2.18. The molecule has 0 aliphatic heterocycles. The first-order valence-corrected chi connectivity index (χ1v) is 5.57. The van der Waals surface area contributed by atoms with Gasteiger partial charge < -0.3 is 10.4 Å². The number of hydrogen-bond acceptors (Lipinski definition) is 3. The van der Waals surface area contributed by atoms with E-state index in [1.807, 2.05) is 25.3 Å². The smallest absolute Gasteiger partial charge is 0.306 e. The first-order chi connectivity index (χ1) is 7.65. The van der Waals surface area contributed by atoms with Crippen LogP contribution in [0.1, 0.15) is 24.8 Å². The predicted molar refractivity (Wildman–Crippen MR) is 61.4 cm³/mol. The summed E-state index contributed by atoms with van der Waals surface area (Å²) in [6.45, 7) is 1.99. The fourth-order valence-electron chi connectivity index (χ4n) is 2.10. The van der Waals surface area contributed by atoms with Crippen LogP contribution in [0.5, 0.6) is 0 Å². The third-order valence-electron chi connectivity index (χ3n) is 3.05. The van der Waals surface area contributed by atoms with Crippen LogP contribution in [-0.2, 0) is 4.79 Å². The summed E-state index contributed by atoms with van der Waals surface area (Å²) in [6.07, 6.45) is 4.18. The van der Waals surface area contributed by atoms with Gasteiger partial charge in [0.25, 0.3) is 0 Å². The number of carbonyl (C=O) groups is 1. The number of rotatable bonds is 3. The van der Waals surface area contributed by atoms with Crippen LogP contribution in [0.3, 0.4) is 0 Å². The molecule has 2 N–H and O–H groups in total. The first-order valence-electron chi connectivity index (χ1n) is 5.57. The zero-order valence-electron chi connectivity index (χ0n) is 9.31. The van der Waals surface area contributed by atoms with Gasteiger partial charge in [0.1, 0.15) is 5.82 Å². The molecule has 4 heteroatoms. The minimum Gasteiger partial charge on any atom is -0.481 e. The number of anilines is 1. The van der Waals surface area contributed by atoms with Crippen LogP contribution in [0, 0.1) is 12.8 Å². The quantitative estimate of drug-likeness (QED) is 0.818. The van der Waals surface area contributed by atoms with Crippen molar-refractivity contribution in [3.63, 3.8) is 0 Å². The third-order valence-corrected chi connectivity index (χ3v) is 3.05. The number of nitrogens with one attached hydrogen (secondary N) is 1. The van der Waals surface area contributed by atoms with Gasteiger partial charge in [0.15, 0.2) is 0 Å². The number of aliphatic carboxylic acids is 1. The second-order valence-corrected chi connectivity index (χ2v) is 4.41. The molecule has 1 fully saturated rings. The zero-order chi connectivity index (χ0) is 11.5. The van der Waals surface area contributed by atoms with E-state index in [1.165, 1.54) is 0 Å². The van der Waals surface area contributed by atoms with Gasteiger partial charge in [0.2, 0.25) is 0 Å². The number of aromatic nitrogens is 1. The van der Waals surface area contributed by atoms with E-state index in [2.05, 4.69) is 10.3 Å². The SMILES string of the molecule is Cc1ccc(N[C@@H]2CC[C@H](C(=O)O)C2)nc1. The van der Waals surface area contributed by atoms with Crippen molar-refractivity contribution >= 4 is 11.8 Å². The highest BCUT2D eigenvalue weighted by Crippen LogP contribution is 2.27. The van der Waals surface area contributed by atoms with E-state index < -0.39 is 5.97 Å². The highest BCUT2D eigenvalue weighted by molar-refractivity contribution is 5.70. The van der Waals surface area contributed by atoms with Crippen molar-refractivity contribution in [1.29, 1.82) is 0 Å². The molecule has 0 unspecified atom stereocenters. The number of aryl methyl sites for hydroxylation is 1. The maximum Gasteiger partial charge on any atom is 0.306 e. The normalized spacial score (nSPS) is 24.3. The topological polar surface area (TPSA) is 62.2 Å². The van der Waals surface area contributed by atoms with Gasteiger partial charge in [0.05, 0.1) is 5.92 Å². The van der Waals surface area contributed by atoms with Crippen LogP contribution in [0.25, 0.3) is 0 Å². The highest BCUT2D eigenvalue weighted by atomic mass is 16.4. The van der Waals surface area contributed by atoms with Crippen molar-refractivity contribution < 1.29 is 9.90 Å². The molecule has 1 heterocycles. The fourth-order valence-corrected chi connectivity index (χ4v) is 2.10. The summed E-state index contributed by atoms with van der Waals surface area (Å²) in [7, 11) is 0. The second-order valence-electron chi connectivity index (χ2n) is 4.41. The van der Waals surface area contributed by atoms with Gasteiger partial charge in [0, 0.05) is 12.2 Å². The standard InChI is InChI=1S/C12H16N2O2/c1-8-2-5-11(13-7-8)14-10-4-3-9(6-10)12(15)16/h2,5,7,9-10H,3-4,6H2,1H3,(H,13,14)(H,15,16)/t9-,10+/m0/s1. The molecule has 1 aromatic heterocycles. The molecular weight excluding hydrogens is 204 g/mol. The average Bonchev–Trinajstić information content (AvgIpc) is 2.70. The Bertz CT molecular complexity index is 375. The van der Waals surface area contributed by atoms with Crippen LogP contribution in [0.15, 0.2) is 18.3 Å². The van der Waals surface area contributed by atoms with Crippen LogP contribution in [-0.4, -0.2) is 22.1 Å². The molecule has 1 saturated carbocycles. The van der Waals surface area contributed by atoms with Gasteiger partial charge in [-0.15, -0.1) is 0 Å². The van der Waals surface area contributed by atoms with Crippen LogP contribution in [0.2, 0.25) is 0 Å². The predicted octanol–water partition coefficient (Wildman–Crippen LogP) is 2.06. The molecule has 1 aromatic rings. The molecule has 86 valence electrons. The van der Waals surface area contributed by atoms with Crippen LogP contribution in [0.4, 0.5) is 5.82 Å². The van der Waals surface area contributed by atoms with Gasteiger partial charge in [-0.2, -0.15) is 0 Å². The summed E-state index contributed by atoms with van der Waals surface area (Å²) in [5.41, 5.74) is 1.13. The number of nitrogens with zero attached hydrogens (tertiary/aromatic N) is 1. The fraction of sp³-hybridized carbons (Fsp3) is 0.500. The summed E-state index contributed by atoms with van der Waals surface area (Å²) < 4.78 is 0. The summed E-state index contributed by atoms with van der Waals surface area (Å²) in [4.78, 5) is 15.1. The molecule has 4 nitrogen and oxygen atoms in total. The monoisotopic (exact) mass is 220 g/mol. The van der Waals surface area contributed by atoms with Gasteiger partial charge >= 0.3 is 5.97 Å². The molecule has 0 radical (unpaired) electrons. The molecular formula is C12H16N2O2. The van der Waals surface area contributed by atoms with E-state index in [9.17, 15) is 4.79 Å². The van der Waals surface area contributed by atoms with E-state index in [1.54, 1.807) is 0 Å². The Kier molecular flexibility index (Phi) is 3.08. The lowest BCUT2D eigenvalue weighted by molar-refractivity contribution is -0.141. The molecule has 16 heavy (non-hydrogen) atoms. The Morgan fingerprint density at radius 1 is 1.50 bits per heavy atom. The van der Waals surface area contributed by atoms with E-state index in [-0.39, 0.29) is 12.0 Å². The lowest BCUT2D eigenvalue weighted by Gasteiger charge is -2.12. The second kappa shape index (κ2) is 4.51. The van der Waals surface area contributed by atoms with Crippen molar-refractivity contribution in [2.75, 3.05) is 5.32 Å². The molecule has 1 aliphatic carbocycles. The average molecular weight is 220 g/mol. The number of carboxylic acid groups (broad SMARTS) is 1. The van der Waals surface area contributed by atoms with Crippen LogP contribution >= 0.6 is 0 Å². The largest absolute Gasteiger partial charge is 0.481 e. The van der Waals surface area contributed by atoms with Crippen molar-refractivity contribution in [2.24, 2.45) is 5.92 Å². The van der Waals surface area contributed by atoms with Crippen molar-refractivity contribution in [3.05, 3.63) is 23.9 Å². The summed E-state index contributed by atoms with van der Waals surface area (Å²) in [6, 6.07) is 4.18. The maximum atomic E-state index is 10.8. The Labute approximate surface area is 94.7 Å². The van der Waals surface area contributed by atoms with E-state index >= 15 is 0 Å². The minimum absolute atomic E-state index is 0.192. The highest BCUT2D eigenvalue weighted by Gasteiger charge is 2.29. The molecule has 2 rings (SSSR count). The van der Waals surface area contributed by atoms with Gasteiger partial charge in [-0.1, -0.05) is 6.07 Å². The molecule has 0 spiro atoms. The molecule has 2 atom stereocenters. The van der Waals surface area contributed by atoms with Crippen molar-refractivity contribution in [2.45, 2.75) is 32.2 Å². The third kappa shape index (κ3) is 2.51. The number of carboxylic acids is 1. The summed E-state index contributed by atoms with van der Waals surface area (Å²) >= 11 is 0. The lowest BCUT2D eigenvalue weighted by atomic mass is 10.1. The van der Waals surface area contributed by atoms with E-state index in [0.717, 1.165) is 24.2 Å². The Hall–Kier alpha value is -1.58. The Morgan fingerprint density at radius 2 is 2.31 bits per heavy atom. The first kappa shape index (κ1) is 10.9. The minimum atomic E-state index is -0.679. The van der Waals surface area contributed by atoms with Crippen molar-refractivity contribution in [1.82, 2.24) is 4.98 Å². The van der Waals surface area contributed by atoms with E-state index in [4.69, 9.17) is 5.11 Å². The van der Waals surface area contributed by atoms with E-state index in [0.29, 0.717) is 6.42 Å². The molecule has 0 bridgehead atoms. The van der Waals surface area contributed by atoms with Gasteiger partial charge in [-0.3, -0.25) is 4.79 Å². The van der Waals surface area contributed by atoms with Crippen LogP contribution < -0.4 is 5.32 Å². The van der Waals surface area contributed by atoms with Gasteiger partial charge in [-0.05, 0) is 37.8 Å². The summed E-state index contributed by atoms with van der Waals surface area (Å²) in [5, 5.41) is 12.2. The Balaban J connectivity index is 1.92. The number of hydrogen-bond donors (Lipinski definition) is 2. The maximum absolute atomic E-state index is 10.8. The molecule has 0 amide bonds. The number of pyridine rings is 1. The Morgan fingerprint density at radius 3 is 2.88 bits per heavy atom. The van der Waals surface area contributed by atoms with Gasteiger partial charge in [-0.25, -0.2) is 4.98 Å². The van der Waals surface area contributed by atoms with Crippen molar-refractivity contribution in [3.8, 4) is 0 Å². The zero-order valence-corrected chi connectivity index (χ0v) is 9.31. The molecule has 0 saturated heterocycles. The molecule has 0 aromatic carbocycles. The molecule has 1 aliphatic rings. The summed E-state index contributed by atoms with van der Waals surface area (Å²) in [5.74, 6) is -0.0363.